The predicted molar refractivity (Wildman–Crippen MR) is 74.8 cm³/mol. The van der Waals surface area contributed by atoms with Crippen LogP contribution >= 0.6 is 11.8 Å². The Bertz CT molecular complexity index is 120. The maximum atomic E-state index is 2.35. The third-order valence-corrected chi connectivity index (χ3v) is 6.90. The van der Waals surface area contributed by atoms with E-state index in [1.165, 1.54) is 38.5 Å². The summed E-state index contributed by atoms with van der Waals surface area (Å²) in [7, 11) is 0. The summed E-state index contributed by atoms with van der Waals surface area (Å²) in [5, 5.41) is 0. The van der Waals surface area contributed by atoms with Crippen LogP contribution in [0.5, 0.6) is 0 Å². The quantitative estimate of drug-likeness (QED) is 0.518. The van der Waals surface area contributed by atoms with E-state index in [4.69, 9.17) is 0 Å². The van der Waals surface area contributed by atoms with E-state index in [0.717, 1.165) is 0 Å². The fraction of sp³-hybridized carbons (Fsp3) is 1.00. The molecule has 0 saturated heterocycles. The van der Waals surface area contributed by atoms with Crippen LogP contribution in [0.2, 0.25) is 0 Å². The van der Waals surface area contributed by atoms with E-state index >= 15 is 0 Å². The van der Waals surface area contributed by atoms with Gasteiger partial charge in [-0.05, 0) is 38.5 Å². The van der Waals surface area contributed by atoms with Gasteiger partial charge in [0.05, 0.1) is 0 Å². The van der Waals surface area contributed by atoms with Gasteiger partial charge in [0.2, 0.25) is 0 Å². The van der Waals surface area contributed by atoms with Crippen LogP contribution in [0.15, 0.2) is 0 Å². The van der Waals surface area contributed by atoms with Gasteiger partial charge in [-0.25, -0.2) is 0 Å². The average molecular weight is 230 g/mol. The van der Waals surface area contributed by atoms with Crippen molar-refractivity contribution in [2.75, 3.05) is 0 Å². The molecule has 0 bridgehead atoms. The van der Waals surface area contributed by atoms with Gasteiger partial charge in [0.1, 0.15) is 0 Å². The van der Waals surface area contributed by atoms with Crippen LogP contribution in [0, 0.1) is 0 Å². The van der Waals surface area contributed by atoms with Gasteiger partial charge in [-0.1, -0.05) is 41.5 Å². The van der Waals surface area contributed by atoms with Gasteiger partial charge in [0.15, 0.2) is 0 Å². The van der Waals surface area contributed by atoms with Gasteiger partial charge in [0.25, 0.3) is 0 Å². The van der Waals surface area contributed by atoms with Crippen molar-refractivity contribution in [2.45, 2.75) is 89.6 Å². The first kappa shape index (κ1) is 15.3. The van der Waals surface area contributed by atoms with Crippen molar-refractivity contribution in [1.29, 1.82) is 0 Å². The third-order valence-electron chi connectivity index (χ3n) is 4.30. The highest BCUT2D eigenvalue weighted by Crippen LogP contribution is 2.48. The van der Waals surface area contributed by atoms with E-state index in [-0.39, 0.29) is 0 Å². The third kappa shape index (κ3) is 3.69. The van der Waals surface area contributed by atoms with Gasteiger partial charge < -0.3 is 0 Å². The molecule has 0 amide bonds. The fourth-order valence-electron chi connectivity index (χ4n) is 2.39. The molecule has 0 spiro atoms. The molecule has 0 unspecified atom stereocenters. The fourth-order valence-corrected chi connectivity index (χ4v) is 4.18. The summed E-state index contributed by atoms with van der Waals surface area (Å²) in [6.07, 6.45) is 7.87. The lowest BCUT2D eigenvalue weighted by Gasteiger charge is -2.41. The molecular formula is C14H30S. The first-order valence-electron chi connectivity index (χ1n) is 6.77. The van der Waals surface area contributed by atoms with Gasteiger partial charge in [-0.3, -0.25) is 0 Å². The molecule has 0 radical (unpaired) electrons. The molecule has 0 heterocycles. The topological polar surface area (TPSA) is 0 Å². The first-order valence-corrected chi connectivity index (χ1v) is 7.59. The first-order chi connectivity index (χ1) is 7.07. The summed E-state index contributed by atoms with van der Waals surface area (Å²) in [5.41, 5.74) is 0. The highest BCUT2D eigenvalue weighted by Gasteiger charge is 2.35. The number of hydrogen-bond acceptors (Lipinski definition) is 1. The highest BCUT2D eigenvalue weighted by molar-refractivity contribution is 8.02. The van der Waals surface area contributed by atoms with Crippen molar-refractivity contribution in [3.05, 3.63) is 0 Å². The van der Waals surface area contributed by atoms with Gasteiger partial charge in [0, 0.05) is 9.49 Å². The van der Waals surface area contributed by atoms with Crippen molar-refractivity contribution in [2.24, 2.45) is 0 Å². The van der Waals surface area contributed by atoms with Crippen LogP contribution in [0.4, 0.5) is 0 Å². The molecule has 1 heteroatoms. The number of rotatable bonds is 8. The van der Waals surface area contributed by atoms with E-state index in [2.05, 4.69) is 53.3 Å². The Labute approximate surface area is 102 Å². The lowest BCUT2D eigenvalue weighted by molar-refractivity contribution is 0.484. The van der Waals surface area contributed by atoms with Crippen LogP contribution < -0.4 is 0 Å². The molecule has 0 aliphatic heterocycles. The zero-order valence-corrected chi connectivity index (χ0v) is 12.5. The minimum absolute atomic E-state index is 0.530. The Balaban J connectivity index is 4.74. The molecule has 0 aromatic carbocycles. The summed E-state index contributed by atoms with van der Waals surface area (Å²) in [6, 6.07) is 0. The average Bonchev–Trinajstić information content (AvgIpc) is 2.33. The molecule has 0 aromatic heterocycles. The van der Waals surface area contributed by atoms with Gasteiger partial charge in [-0.2, -0.15) is 0 Å². The Morgan fingerprint density at radius 1 is 0.533 bits per heavy atom. The molecule has 0 N–H and O–H groups in total. The molecule has 15 heavy (non-hydrogen) atoms. The molecule has 0 atom stereocenters. The normalized spacial score (nSPS) is 13.2. The summed E-state index contributed by atoms with van der Waals surface area (Å²) in [5.74, 6) is 0. The summed E-state index contributed by atoms with van der Waals surface area (Å²) in [6.45, 7) is 14.1. The summed E-state index contributed by atoms with van der Waals surface area (Å²) in [4.78, 5) is 0. The molecule has 0 rings (SSSR count). The van der Waals surface area contributed by atoms with Crippen molar-refractivity contribution in [3.8, 4) is 0 Å². The lowest BCUT2D eigenvalue weighted by atomic mass is 9.98. The van der Waals surface area contributed by atoms with E-state index in [1.807, 2.05) is 0 Å². The Hall–Kier alpha value is 0.350. The van der Waals surface area contributed by atoms with Crippen molar-refractivity contribution >= 4 is 11.8 Å². The SMILES string of the molecule is CCC(CC)(CC)SC(CC)(CC)CC. The van der Waals surface area contributed by atoms with Crippen molar-refractivity contribution in [3.63, 3.8) is 0 Å². The van der Waals surface area contributed by atoms with Crippen LogP contribution in [-0.2, 0) is 0 Å². The zero-order valence-electron chi connectivity index (χ0n) is 11.7. The lowest BCUT2D eigenvalue weighted by Crippen LogP contribution is -2.33. The Morgan fingerprint density at radius 2 is 0.733 bits per heavy atom. The van der Waals surface area contributed by atoms with Crippen LogP contribution in [-0.4, -0.2) is 9.49 Å². The molecular weight excluding hydrogens is 200 g/mol. The van der Waals surface area contributed by atoms with E-state index in [0.29, 0.717) is 9.49 Å². The van der Waals surface area contributed by atoms with E-state index in [1.54, 1.807) is 0 Å². The van der Waals surface area contributed by atoms with Crippen molar-refractivity contribution in [1.82, 2.24) is 0 Å². The summed E-state index contributed by atoms with van der Waals surface area (Å²) >= 11 is 2.28. The summed E-state index contributed by atoms with van der Waals surface area (Å²) < 4.78 is 1.06. The Kier molecular flexibility index (Phi) is 6.99. The minimum atomic E-state index is 0.530. The van der Waals surface area contributed by atoms with E-state index < -0.39 is 0 Å². The van der Waals surface area contributed by atoms with Crippen LogP contribution in [0.3, 0.4) is 0 Å². The second-order valence-electron chi connectivity index (χ2n) is 4.59. The predicted octanol–water partition coefficient (Wildman–Crippen LogP) is 5.66. The minimum Gasteiger partial charge on any atom is -0.148 e. The highest BCUT2D eigenvalue weighted by atomic mass is 32.2. The molecule has 0 aliphatic rings. The smallest absolute Gasteiger partial charge is 0.0157 e. The van der Waals surface area contributed by atoms with Crippen molar-refractivity contribution < 1.29 is 0 Å². The number of hydrogen-bond donors (Lipinski definition) is 0. The number of thioether (sulfide) groups is 1. The molecule has 0 aliphatic carbocycles. The maximum Gasteiger partial charge on any atom is 0.0157 e. The second kappa shape index (κ2) is 6.83. The molecule has 0 nitrogen and oxygen atoms in total. The largest absolute Gasteiger partial charge is 0.148 e. The molecule has 92 valence electrons. The zero-order chi connectivity index (χ0) is 11.9. The monoisotopic (exact) mass is 230 g/mol. The maximum absolute atomic E-state index is 2.35. The van der Waals surface area contributed by atoms with Gasteiger partial charge in [-0.15, -0.1) is 11.8 Å². The standard InChI is InChI=1S/C14H30S/c1-7-13(8-2,9-3)15-14(10-4,11-5)12-6/h7-12H2,1-6H3. The second-order valence-corrected chi connectivity index (χ2v) is 6.53. The van der Waals surface area contributed by atoms with E-state index in [9.17, 15) is 0 Å². The van der Waals surface area contributed by atoms with Crippen LogP contribution in [0.25, 0.3) is 0 Å². The van der Waals surface area contributed by atoms with Gasteiger partial charge >= 0.3 is 0 Å². The molecule has 0 fully saturated rings. The molecule has 0 aromatic rings. The van der Waals surface area contributed by atoms with Crippen LogP contribution in [0.1, 0.15) is 80.1 Å². The Morgan fingerprint density at radius 3 is 0.867 bits per heavy atom. The molecule has 0 saturated carbocycles.